The van der Waals surface area contributed by atoms with Crippen LogP contribution in [0.1, 0.15) is 39.2 Å². The van der Waals surface area contributed by atoms with E-state index >= 15 is 0 Å². The van der Waals surface area contributed by atoms with Crippen molar-refractivity contribution in [3.05, 3.63) is 23.8 Å². The van der Waals surface area contributed by atoms with E-state index in [4.69, 9.17) is 14.2 Å². The number of nitrogens with zero attached hydrogens (tertiary/aromatic N) is 1. The van der Waals surface area contributed by atoms with Crippen LogP contribution in [0.15, 0.2) is 18.2 Å². The number of nitrogens with one attached hydrogen (secondary N) is 1. The lowest BCUT2D eigenvalue weighted by atomic mass is 9.97. The van der Waals surface area contributed by atoms with Crippen molar-refractivity contribution < 1.29 is 19.0 Å². The topological polar surface area (TPSA) is 60.0 Å². The molecule has 0 spiro atoms. The molecular weight excluding hydrogens is 344 g/mol. The predicted octanol–water partition coefficient (Wildman–Crippen LogP) is 3.11. The lowest BCUT2D eigenvalue weighted by molar-refractivity contribution is -0.123. The maximum atomic E-state index is 12.3. The molecule has 0 atom stereocenters. The van der Waals surface area contributed by atoms with Crippen molar-refractivity contribution in [1.29, 1.82) is 0 Å². The number of hydrogen-bond acceptors (Lipinski definition) is 5. The lowest BCUT2D eigenvalue weighted by Gasteiger charge is -2.30. The summed E-state index contributed by atoms with van der Waals surface area (Å²) < 4.78 is 16.4. The van der Waals surface area contributed by atoms with Gasteiger partial charge >= 0.3 is 0 Å². The second kappa shape index (κ2) is 9.13. The quantitative estimate of drug-likeness (QED) is 0.755. The van der Waals surface area contributed by atoms with Crippen LogP contribution in [0.5, 0.6) is 17.2 Å². The van der Waals surface area contributed by atoms with Gasteiger partial charge in [-0.3, -0.25) is 9.69 Å². The fraction of sp³-hybridized carbons (Fsp3) is 0.571. The van der Waals surface area contributed by atoms with E-state index in [9.17, 15) is 4.79 Å². The van der Waals surface area contributed by atoms with Crippen LogP contribution in [-0.2, 0) is 4.79 Å². The highest BCUT2D eigenvalue weighted by molar-refractivity contribution is 5.80. The van der Waals surface area contributed by atoms with Crippen molar-refractivity contribution >= 4 is 11.5 Å². The molecule has 1 heterocycles. The van der Waals surface area contributed by atoms with Crippen LogP contribution in [0.3, 0.4) is 0 Å². The number of methoxy groups -OCH3 is 3. The first-order chi connectivity index (χ1) is 12.8. The molecule has 6 nitrogen and oxygen atoms in total. The minimum absolute atomic E-state index is 0.0679. The molecule has 2 rings (SSSR count). The van der Waals surface area contributed by atoms with Gasteiger partial charge in [0.15, 0.2) is 0 Å². The Morgan fingerprint density at radius 1 is 1.15 bits per heavy atom. The van der Waals surface area contributed by atoms with Crippen LogP contribution in [0.25, 0.3) is 5.57 Å². The molecule has 0 aliphatic carbocycles. The third-order valence-corrected chi connectivity index (χ3v) is 5.06. The first-order valence-corrected chi connectivity index (χ1v) is 9.36. The van der Waals surface area contributed by atoms with Crippen molar-refractivity contribution in [1.82, 2.24) is 10.2 Å². The molecule has 0 aromatic heterocycles. The molecule has 0 fully saturated rings. The number of carbonyl (C=O) groups is 1. The Kier molecular flexibility index (Phi) is 7.13. The number of amides is 1. The normalized spacial score (nSPS) is 15.1. The van der Waals surface area contributed by atoms with Gasteiger partial charge in [-0.25, -0.2) is 0 Å². The molecule has 1 aromatic rings. The van der Waals surface area contributed by atoms with Crippen molar-refractivity contribution in [2.45, 2.75) is 39.2 Å². The van der Waals surface area contributed by atoms with E-state index in [1.54, 1.807) is 21.3 Å². The van der Waals surface area contributed by atoms with Crippen molar-refractivity contribution in [2.24, 2.45) is 0 Å². The Hall–Kier alpha value is -2.21. The zero-order valence-electron chi connectivity index (χ0n) is 17.3. The Balaban J connectivity index is 2.12. The first kappa shape index (κ1) is 21.1. The molecule has 27 heavy (non-hydrogen) atoms. The van der Waals surface area contributed by atoms with Crippen LogP contribution in [0.4, 0.5) is 0 Å². The van der Waals surface area contributed by atoms with Gasteiger partial charge in [0.2, 0.25) is 5.91 Å². The molecule has 0 saturated carbocycles. The monoisotopic (exact) mass is 376 g/mol. The second-order valence-electron chi connectivity index (χ2n) is 7.41. The average molecular weight is 376 g/mol. The van der Waals surface area contributed by atoms with Gasteiger partial charge in [-0.1, -0.05) is 13.0 Å². The van der Waals surface area contributed by atoms with E-state index in [1.807, 2.05) is 26.0 Å². The zero-order valence-corrected chi connectivity index (χ0v) is 17.3. The van der Waals surface area contributed by atoms with Gasteiger partial charge in [-0.15, -0.1) is 0 Å². The van der Waals surface area contributed by atoms with Crippen LogP contribution in [-0.4, -0.2) is 57.3 Å². The molecule has 1 N–H and O–H groups in total. The van der Waals surface area contributed by atoms with Gasteiger partial charge in [-0.05, 0) is 32.3 Å². The summed E-state index contributed by atoms with van der Waals surface area (Å²) in [5, 5.41) is 3.09. The minimum Gasteiger partial charge on any atom is -0.496 e. The Labute approximate surface area is 162 Å². The molecule has 0 radical (unpaired) electrons. The van der Waals surface area contributed by atoms with E-state index in [0.29, 0.717) is 18.8 Å². The van der Waals surface area contributed by atoms with Crippen LogP contribution < -0.4 is 19.5 Å². The summed E-state index contributed by atoms with van der Waals surface area (Å²) in [7, 11) is 4.91. The lowest BCUT2D eigenvalue weighted by Crippen LogP contribution is -2.48. The summed E-state index contributed by atoms with van der Waals surface area (Å²) in [5.41, 5.74) is 1.95. The van der Waals surface area contributed by atoms with Crippen LogP contribution in [0, 0.1) is 0 Å². The molecule has 1 aliphatic rings. The van der Waals surface area contributed by atoms with Crippen molar-refractivity contribution in [3.8, 4) is 17.2 Å². The second-order valence-corrected chi connectivity index (χ2v) is 7.41. The zero-order chi connectivity index (χ0) is 20.0. The maximum Gasteiger partial charge on any atom is 0.234 e. The molecule has 0 unspecified atom stereocenters. The average Bonchev–Trinajstić information content (AvgIpc) is 2.67. The van der Waals surface area contributed by atoms with Gasteiger partial charge in [0, 0.05) is 30.8 Å². The van der Waals surface area contributed by atoms with E-state index in [1.165, 1.54) is 0 Å². The van der Waals surface area contributed by atoms with Crippen molar-refractivity contribution in [3.63, 3.8) is 0 Å². The van der Waals surface area contributed by atoms with Gasteiger partial charge in [-0.2, -0.15) is 0 Å². The van der Waals surface area contributed by atoms with Crippen LogP contribution >= 0.6 is 0 Å². The maximum absolute atomic E-state index is 12.3. The smallest absolute Gasteiger partial charge is 0.234 e. The van der Waals surface area contributed by atoms with E-state index in [-0.39, 0.29) is 11.4 Å². The summed E-state index contributed by atoms with van der Waals surface area (Å²) in [6.45, 7) is 8.09. The van der Waals surface area contributed by atoms with Gasteiger partial charge in [0.25, 0.3) is 0 Å². The Bertz CT molecular complexity index is 672. The number of benzene rings is 1. The largest absolute Gasteiger partial charge is 0.496 e. The number of hydrogen-bond donors (Lipinski definition) is 1. The fourth-order valence-corrected chi connectivity index (χ4v) is 3.11. The minimum atomic E-state index is -0.169. The van der Waals surface area contributed by atoms with E-state index in [0.717, 1.165) is 42.0 Å². The molecule has 0 saturated heterocycles. The molecule has 0 bridgehead atoms. The highest BCUT2D eigenvalue weighted by Gasteiger charge is 2.23. The molecule has 1 aliphatic heterocycles. The summed E-state index contributed by atoms with van der Waals surface area (Å²) in [4.78, 5) is 14.4. The van der Waals surface area contributed by atoms with Gasteiger partial charge in [0.1, 0.15) is 17.2 Å². The Morgan fingerprint density at radius 3 is 2.22 bits per heavy atom. The molecule has 1 aromatic carbocycles. The predicted molar refractivity (Wildman–Crippen MR) is 108 cm³/mol. The first-order valence-electron chi connectivity index (χ1n) is 9.36. The third-order valence-electron chi connectivity index (χ3n) is 5.06. The summed E-state index contributed by atoms with van der Waals surface area (Å²) >= 11 is 0. The number of ether oxygens (including phenoxy) is 3. The number of carbonyl (C=O) groups excluding carboxylic acids is 1. The van der Waals surface area contributed by atoms with Gasteiger partial charge < -0.3 is 19.5 Å². The van der Waals surface area contributed by atoms with E-state index < -0.39 is 0 Å². The highest BCUT2D eigenvalue weighted by atomic mass is 16.5. The SMILES string of the molecule is CCC(C)(C)NC(=O)CN1CC=C(c2c(OC)cc(OC)cc2OC)CC1. The van der Waals surface area contributed by atoms with Gasteiger partial charge in [0.05, 0.1) is 33.4 Å². The summed E-state index contributed by atoms with van der Waals surface area (Å²) in [6, 6.07) is 3.73. The van der Waals surface area contributed by atoms with E-state index in [2.05, 4.69) is 23.2 Å². The highest BCUT2D eigenvalue weighted by Crippen LogP contribution is 2.40. The molecule has 150 valence electrons. The molecular formula is C21H32N2O4. The summed E-state index contributed by atoms with van der Waals surface area (Å²) in [6.07, 6.45) is 3.87. The fourth-order valence-electron chi connectivity index (χ4n) is 3.11. The third kappa shape index (κ3) is 5.39. The Morgan fingerprint density at radius 2 is 1.78 bits per heavy atom. The number of rotatable bonds is 8. The van der Waals surface area contributed by atoms with Crippen LogP contribution in [0.2, 0.25) is 0 Å². The van der Waals surface area contributed by atoms with Crippen molar-refractivity contribution in [2.75, 3.05) is 41.0 Å². The summed E-state index contributed by atoms with van der Waals surface area (Å²) in [5.74, 6) is 2.22. The molecule has 1 amide bonds. The standard InChI is InChI=1S/C21H32N2O4/c1-7-21(2,3)22-19(24)14-23-10-8-15(9-11-23)20-17(26-5)12-16(25-4)13-18(20)27-6/h8,12-13H,7,9-11,14H2,1-6H3,(H,22,24). The molecule has 6 heteroatoms.